The predicted octanol–water partition coefficient (Wildman–Crippen LogP) is 2.58. The number of esters is 1. The number of ether oxygens (including phenoxy) is 2. The molecule has 0 spiro atoms. The van der Waals surface area contributed by atoms with E-state index in [4.69, 9.17) is 13.9 Å². The third kappa shape index (κ3) is 4.71. The Balaban J connectivity index is 1.83. The van der Waals surface area contributed by atoms with Crippen molar-refractivity contribution in [2.75, 3.05) is 14.2 Å². The van der Waals surface area contributed by atoms with E-state index >= 15 is 0 Å². The van der Waals surface area contributed by atoms with Gasteiger partial charge in [-0.2, -0.15) is 0 Å². The Hall–Kier alpha value is -2.83. The molecular weight excluding hydrogens is 362 g/mol. The van der Waals surface area contributed by atoms with Gasteiger partial charge in [0, 0.05) is 30.4 Å². The van der Waals surface area contributed by atoms with Crippen LogP contribution in [0.5, 0.6) is 5.75 Å². The molecule has 1 amide bonds. The van der Waals surface area contributed by atoms with Gasteiger partial charge in [0.25, 0.3) is 0 Å². The molecular formula is C21H25NO6. The smallest absolute Gasteiger partial charge is 0.336 e. The molecule has 1 aromatic heterocycles. The number of carbonyl (C=O) groups is 2. The Kier molecular flexibility index (Phi) is 6.34. The molecule has 0 radical (unpaired) electrons. The monoisotopic (exact) mass is 387 g/mol. The summed E-state index contributed by atoms with van der Waals surface area (Å²) in [4.78, 5) is 36.6. The SMILES string of the molecule is COC(=O)[C@@H](Cc1cc(=O)oc2cc(OC)ccc12)NC(=O)CC1CCCC1. The number of hydrogen-bond acceptors (Lipinski definition) is 6. The van der Waals surface area contributed by atoms with E-state index in [2.05, 4.69) is 5.32 Å². The van der Waals surface area contributed by atoms with Gasteiger partial charge in [-0.1, -0.05) is 12.8 Å². The normalized spacial score (nSPS) is 15.4. The summed E-state index contributed by atoms with van der Waals surface area (Å²) >= 11 is 0. The van der Waals surface area contributed by atoms with Crippen LogP contribution in [0.15, 0.2) is 33.5 Å². The van der Waals surface area contributed by atoms with E-state index in [0.717, 1.165) is 25.7 Å². The van der Waals surface area contributed by atoms with E-state index in [1.807, 2.05) is 0 Å². The maximum absolute atomic E-state index is 12.4. The molecule has 7 heteroatoms. The molecule has 0 saturated heterocycles. The summed E-state index contributed by atoms with van der Waals surface area (Å²) < 4.78 is 15.3. The predicted molar refractivity (Wildman–Crippen MR) is 103 cm³/mol. The quantitative estimate of drug-likeness (QED) is 0.580. The number of methoxy groups -OCH3 is 2. The van der Waals surface area contributed by atoms with E-state index in [1.54, 1.807) is 18.2 Å². The molecule has 1 aliphatic carbocycles. The van der Waals surface area contributed by atoms with Crippen LogP contribution in [0.25, 0.3) is 11.0 Å². The van der Waals surface area contributed by atoms with Crippen LogP contribution in [0.2, 0.25) is 0 Å². The highest BCUT2D eigenvalue weighted by Crippen LogP contribution is 2.27. The van der Waals surface area contributed by atoms with E-state index < -0.39 is 17.6 Å². The summed E-state index contributed by atoms with van der Waals surface area (Å²) in [6.45, 7) is 0. The van der Waals surface area contributed by atoms with Gasteiger partial charge >= 0.3 is 11.6 Å². The van der Waals surface area contributed by atoms with Gasteiger partial charge in [-0.3, -0.25) is 4.79 Å². The number of fused-ring (bicyclic) bond motifs is 1. The molecule has 1 aromatic carbocycles. The Morgan fingerprint density at radius 2 is 1.96 bits per heavy atom. The lowest BCUT2D eigenvalue weighted by atomic mass is 10.0. The van der Waals surface area contributed by atoms with Gasteiger partial charge in [-0.15, -0.1) is 0 Å². The van der Waals surface area contributed by atoms with Crippen molar-refractivity contribution in [3.8, 4) is 5.75 Å². The largest absolute Gasteiger partial charge is 0.497 e. The Morgan fingerprint density at radius 1 is 1.21 bits per heavy atom. The Bertz CT molecular complexity index is 913. The van der Waals surface area contributed by atoms with Crippen LogP contribution in [0, 0.1) is 5.92 Å². The van der Waals surface area contributed by atoms with Gasteiger partial charge < -0.3 is 19.2 Å². The number of amides is 1. The van der Waals surface area contributed by atoms with Gasteiger partial charge in [0.1, 0.15) is 17.4 Å². The first kappa shape index (κ1) is 19.9. The molecule has 28 heavy (non-hydrogen) atoms. The fourth-order valence-corrected chi connectivity index (χ4v) is 3.79. The van der Waals surface area contributed by atoms with Gasteiger partial charge in [-0.25, -0.2) is 9.59 Å². The Morgan fingerprint density at radius 3 is 2.64 bits per heavy atom. The van der Waals surface area contributed by atoms with Crippen molar-refractivity contribution in [1.82, 2.24) is 5.32 Å². The lowest BCUT2D eigenvalue weighted by Gasteiger charge is -2.18. The van der Waals surface area contributed by atoms with Crippen LogP contribution < -0.4 is 15.7 Å². The van der Waals surface area contributed by atoms with Crippen molar-refractivity contribution >= 4 is 22.8 Å². The highest BCUT2D eigenvalue weighted by molar-refractivity contribution is 5.86. The van der Waals surface area contributed by atoms with E-state index in [9.17, 15) is 14.4 Å². The van der Waals surface area contributed by atoms with Crippen LogP contribution >= 0.6 is 0 Å². The topological polar surface area (TPSA) is 94.8 Å². The molecule has 0 aliphatic heterocycles. The van der Waals surface area contributed by atoms with E-state index in [0.29, 0.717) is 34.6 Å². The highest BCUT2D eigenvalue weighted by atomic mass is 16.5. The van der Waals surface area contributed by atoms with Crippen molar-refractivity contribution in [3.05, 3.63) is 40.2 Å². The second kappa shape index (κ2) is 8.91. The van der Waals surface area contributed by atoms with E-state index in [-0.39, 0.29) is 12.3 Å². The molecule has 1 atom stereocenters. The molecule has 1 N–H and O–H groups in total. The third-order valence-corrected chi connectivity index (χ3v) is 5.23. The van der Waals surface area contributed by atoms with Crippen LogP contribution in [0.4, 0.5) is 0 Å². The first-order valence-electron chi connectivity index (χ1n) is 9.48. The Labute approximate surface area is 163 Å². The molecule has 1 heterocycles. The van der Waals surface area contributed by atoms with Crippen molar-refractivity contribution < 1.29 is 23.5 Å². The lowest BCUT2D eigenvalue weighted by Crippen LogP contribution is -2.43. The zero-order valence-corrected chi connectivity index (χ0v) is 16.2. The first-order valence-corrected chi connectivity index (χ1v) is 9.48. The zero-order chi connectivity index (χ0) is 20.1. The van der Waals surface area contributed by atoms with Crippen molar-refractivity contribution in [1.29, 1.82) is 0 Å². The molecule has 0 unspecified atom stereocenters. The number of nitrogens with one attached hydrogen (secondary N) is 1. The summed E-state index contributed by atoms with van der Waals surface area (Å²) in [6, 6.07) is 5.60. The summed E-state index contributed by atoms with van der Waals surface area (Å²) in [5.41, 5.74) is 0.435. The van der Waals surface area contributed by atoms with Gasteiger partial charge in [-0.05, 0) is 36.5 Å². The van der Waals surface area contributed by atoms with Crippen LogP contribution in [0.3, 0.4) is 0 Å². The van der Waals surface area contributed by atoms with Gasteiger partial charge in [0.15, 0.2) is 0 Å². The fraction of sp³-hybridized carbons (Fsp3) is 0.476. The van der Waals surface area contributed by atoms with Crippen LogP contribution in [-0.4, -0.2) is 32.1 Å². The summed E-state index contributed by atoms with van der Waals surface area (Å²) in [6.07, 6.45) is 4.92. The molecule has 1 saturated carbocycles. The summed E-state index contributed by atoms with van der Waals surface area (Å²) in [7, 11) is 2.80. The molecule has 7 nitrogen and oxygen atoms in total. The highest BCUT2D eigenvalue weighted by Gasteiger charge is 2.26. The number of carbonyl (C=O) groups excluding carboxylic acids is 2. The minimum Gasteiger partial charge on any atom is -0.497 e. The van der Waals surface area contributed by atoms with Gasteiger partial charge in [0.2, 0.25) is 5.91 Å². The maximum atomic E-state index is 12.4. The second-order valence-electron chi connectivity index (χ2n) is 7.15. The van der Waals surface area contributed by atoms with E-state index in [1.165, 1.54) is 20.3 Å². The molecule has 2 aromatic rings. The fourth-order valence-electron chi connectivity index (χ4n) is 3.79. The number of rotatable bonds is 7. The van der Waals surface area contributed by atoms with Crippen molar-refractivity contribution in [2.45, 2.75) is 44.6 Å². The second-order valence-corrected chi connectivity index (χ2v) is 7.15. The average Bonchev–Trinajstić information content (AvgIpc) is 3.18. The molecule has 3 rings (SSSR count). The van der Waals surface area contributed by atoms with Crippen LogP contribution in [-0.2, 0) is 20.7 Å². The average molecular weight is 387 g/mol. The molecule has 0 bridgehead atoms. The lowest BCUT2D eigenvalue weighted by molar-refractivity contribution is -0.145. The zero-order valence-electron chi connectivity index (χ0n) is 16.2. The summed E-state index contributed by atoms with van der Waals surface area (Å²) in [5, 5.41) is 3.46. The number of benzene rings is 1. The number of hydrogen-bond donors (Lipinski definition) is 1. The molecule has 150 valence electrons. The maximum Gasteiger partial charge on any atom is 0.336 e. The van der Waals surface area contributed by atoms with Crippen LogP contribution in [0.1, 0.15) is 37.7 Å². The van der Waals surface area contributed by atoms with Crippen molar-refractivity contribution in [3.63, 3.8) is 0 Å². The third-order valence-electron chi connectivity index (χ3n) is 5.23. The van der Waals surface area contributed by atoms with Gasteiger partial charge in [0.05, 0.1) is 14.2 Å². The molecule has 1 aliphatic rings. The molecule has 1 fully saturated rings. The standard InChI is InChI=1S/C21H25NO6/c1-26-15-7-8-16-14(11-20(24)28-18(16)12-15)10-17(21(25)27-2)22-19(23)9-13-5-3-4-6-13/h7-8,11-13,17H,3-6,9-10H2,1-2H3,(H,22,23)/t17-/m1/s1. The minimum absolute atomic E-state index is 0.136. The minimum atomic E-state index is -0.869. The summed E-state index contributed by atoms with van der Waals surface area (Å²) in [5.74, 6) is 0.212. The van der Waals surface area contributed by atoms with Crippen molar-refractivity contribution in [2.24, 2.45) is 5.92 Å². The first-order chi connectivity index (χ1) is 13.5.